The number of hydrogen-bond acceptors (Lipinski definition) is 3. The maximum Gasteiger partial charge on any atom is 0.245 e. The second-order valence-corrected chi connectivity index (χ2v) is 9.93. The zero-order valence-electron chi connectivity index (χ0n) is 16.4. The molecule has 1 aromatic rings. The van der Waals surface area contributed by atoms with Gasteiger partial charge in [0.05, 0.1) is 5.41 Å². The number of hydrogen-bond donors (Lipinski definition) is 0. The minimum atomic E-state index is -0.529. The van der Waals surface area contributed by atoms with Crippen molar-refractivity contribution in [3.05, 3.63) is 48.6 Å². The van der Waals surface area contributed by atoms with Crippen LogP contribution in [-0.4, -0.2) is 58.3 Å². The molecular formula is C22H30N2O2S. The smallest absolute Gasteiger partial charge is 0.245 e. The van der Waals surface area contributed by atoms with Crippen LogP contribution in [0.4, 0.5) is 0 Å². The second kappa shape index (κ2) is 8.09. The molecule has 27 heavy (non-hydrogen) atoms. The zero-order chi connectivity index (χ0) is 19.5. The highest BCUT2D eigenvalue weighted by molar-refractivity contribution is 8.00. The first-order valence-electron chi connectivity index (χ1n) is 9.78. The van der Waals surface area contributed by atoms with Gasteiger partial charge in [0.15, 0.2) is 0 Å². The van der Waals surface area contributed by atoms with Crippen molar-refractivity contribution in [1.29, 1.82) is 0 Å². The summed E-state index contributed by atoms with van der Waals surface area (Å²) >= 11 is 1.95. The molecule has 2 heterocycles. The Morgan fingerprint density at radius 1 is 1.00 bits per heavy atom. The standard InChI is InChI=1S/C22H30N2O2S/c1-4-19(25)23-14-11-22(12-15-23,18-8-6-5-7-9-18)20(26)24-13-10-21(2,3)27-17-16-24/h4-9H,1,10-17H2,2-3H3. The lowest BCUT2D eigenvalue weighted by Crippen LogP contribution is -2.54. The van der Waals surface area contributed by atoms with E-state index in [1.165, 1.54) is 6.08 Å². The topological polar surface area (TPSA) is 40.6 Å². The van der Waals surface area contributed by atoms with Crippen LogP contribution >= 0.6 is 11.8 Å². The third-order valence-corrected chi connectivity index (χ3v) is 7.34. The van der Waals surface area contributed by atoms with Gasteiger partial charge in [-0.1, -0.05) is 50.8 Å². The van der Waals surface area contributed by atoms with E-state index in [9.17, 15) is 9.59 Å². The molecule has 0 atom stereocenters. The van der Waals surface area contributed by atoms with Gasteiger partial charge < -0.3 is 9.80 Å². The number of amides is 2. The molecule has 0 spiro atoms. The van der Waals surface area contributed by atoms with E-state index >= 15 is 0 Å². The molecule has 0 N–H and O–H groups in total. The van der Waals surface area contributed by atoms with Crippen LogP contribution in [0.5, 0.6) is 0 Å². The molecule has 4 nitrogen and oxygen atoms in total. The second-order valence-electron chi connectivity index (χ2n) is 8.13. The maximum atomic E-state index is 13.8. The summed E-state index contributed by atoms with van der Waals surface area (Å²) in [5.74, 6) is 1.17. The van der Waals surface area contributed by atoms with Gasteiger partial charge in [-0.25, -0.2) is 0 Å². The van der Waals surface area contributed by atoms with Crippen molar-refractivity contribution < 1.29 is 9.59 Å². The van der Waals surface area contributed by atoms with Gasteiger partial charge in [0.2, 0.25) is 11.8 Å². The summed E-state index contributed by atoms with van der Waals surface area (Å²) in [6, 6.07) is 10.1. The summed E-state index contributed by atoms with van der Waals surface area (Å²) in [6.07, 6.45) is 3.71. The van der Waals surface area contributed by atoms with Gasteiger partial charge in [-0.3, -0.25) is 9.59 Å². The average molecular weight is 387 g/mol. The van der Waals surface area contributed by atoms with Gasteiger partial charge in [0.1, 0.15) is 0 Å². The number of carbonyl (C=O) groups is 2. The van der Waals surface area contributed by atoms with Crippen molar-refractivity contribution in [3.8, 4) is 0 Å². The molecular weight excluding hydrogens is 356 g/mol. The summed E-state index contributed by atoms with van der Waals surface area (Å²) in [5, 5.41) is 0. The monoisotopic (exact) mass is 386 g/mol. The third-order valence-electron chi connectivity index (χ3n) is 5.96. The Kier molecular flexibility index (Phi) is 5.99. The van der Waals surface area contributed by atoms with E-state index in [4.69, 9.17) is 0 Å². The number of benzene rings is 1. The van der Waals surface area contributed by atoms with Crippen LogP contribution in [-0.2, 0) is 15.0 Å². The quantitative estimate of drug-likeness (QED) is 0.747. The molecule has 3 rings (SSSR count). The van der Waals surface area contributed by atoms with Crippen LogP contribution in [0.15, 0.2) is 43.0 Å². The lowest BCUT2D eigenvalue weighted by atomic mass is 9.71. The highest BCUT2D eigenvalue weighted by Gasteiger charge is 2.46. The Balaban J connectivity index is 1.86. The number of nitrogens with zero attached hydrogens (tertiary/aromatic N) is 2. The largest absolute Gasteiger partial charge is 0.341 e. The first-order chi connectivity index (χ1) is 12.9. The Labute approximate surface area is 167 Å². The van der Waals surface area contributed by atoms with Crippen LogP contribution in [0.2, 0.25) is 0 Å². The lowest BCUT2D eigenvalue weighted by molar-refractivity contribution is -0.141. The van der Waals surface area contributed by atoms with Crippen molar-refractivity contribution in [1.82, 2.24) is 9.80 Å². The normalized spacial score (nSPS) is 22.0. The number of thioether (sulfide) groups is 1. The number of rotatable bonds is 3. The van der Waals surface area contributed by atoms with Gasteiger partial charge in [0.25, 0.3) is 0 Å². The van der Waals surface area contributed by atoms with E-state index in [2.05, 4.69) is 37.5 Å². The van der Waals surface area contributed by atoms with Crippen LogP contribution in [0.3, 0.4) is 0 Å². The Bertz CT molecular complexity index is 694. The lowest BCUT2D eigenvalue weighted by Gasteiger charge is -2.43. The van der Waals surface area contributed by atoms with Crippen molar-refractivity contribution in [2.24, 2.45) is 0 Å². The number of piperidine rings is 1. The molecule has 2 amide bonds. The SMILES string of the molecule is C=CC(=O)N1CCC(C(=O)N2CCSC(C)(C)CC2)(c2ccccc2)CC1. The van der Waals surface area contributed by atoms with E-state index in [1.807, 2.05) is 34.9 Å². The van der Waals surface area contributed by atoms with Crippen LogP contribution in [0.25, 0.3) is 0 Å². The fraction of sp³-hybridized carbons (Fsp3) is 0.545. The molecule has 0 aliphatic carbocycles. The number of likely N-dealkylation sites (tertiary alicyclic amines) is 1. The van der Waals surface area contributed by atoms with E-state index in [0.29, 0.717) is 25.9 Å². The van der Waals surface area contributed by atoms with Crippen LogP contribution < -0.4 is 0 Å². The third kappa shape index (κ3) is 4.23. The van der Waals surface area contributed by atoms with Gasteiger partial charge in [-0.2, -0.15) is 11.8 Å². The average Bonchev–Trinajstić information content (AvgIpc) is 2.88. The molecule has 0 radical (unpaired) electrons. The van der Waals surface area contributed by atoms with Gasteiger partial charge >= 0.3 is 0 Å². The minimum Gasteiger partial charge on any atom is -0.341 e. The zero-order valence-corrected chi connectivity index (χ0v) is 17.3. The number of carbonyl (C=O) groups excluding carboxylic acids is 2. The summed E-state index contributed by atoms with van der Waals surface area (Å²) in [7, 11) is 0. The Morgan fingerprint density at radius 2 is 1.63 bits per heavy atom. The molecule has 2 aliphatic heterocycles. The molecule has 0 aromatic heterocycles. The Morgan fingerprint density at radius 3 is 2.26 bits per heavy atom. The fourth-order valence-electron chi connectivity index (χ4n) is 4.15. The first kappa shape index (κ1) is 20.0. The highest BCUT2D eigenvalue weighted by atomic mass is 32.2. The predicted molar refractivity (Wildman–Crippen MR) is 112 cm³/mol. The summed E-state index contributed by atoms with van der Waals surface area (Å²) in [6.45, 7) is 10.9. The van der Waals surface area contributed by atoms with Crippen molar-refractivity contribution >= 4 is 23.6 Å². The molecule has 2 aliphatic rings. The van der Waals surface area contributed by atoms with E-state index in [-0.39, 0.29) is 16.6 Å². The van der Waals surface area contributed by atoms with Crippen LogP contribution in [0.1, 0.15) is 38.7 Å². The molecule has 0 saturated carbocycles. The predicted octanol–water partition coefficient (Wildman–Crippen LogP) is 3.48. The highest BCUT2D eigenvalue weighted by Crippen LogP contribution is 2.39. The summed E-state index contributed by atoms with van der Waals surface area (Å²) < 4.78 is 0.217. The van der Waals surface area contributed by atoms with Crippen molar-refractivity contribution in [2.45, 2.75) is 43.3 Å². The molecule has 146 valence electrons. The molecule has 2 saturated heterocycles. The first-order valence-corrected chi connectivity index (χ1v) is 10.8. The summed E-state index contributed by atoms with van der Waals surface area (Å²) in [4.78, 5) is 29.7. The van der Waals surface area contributed by atoms with Crippen LogP contribution in [0, 0.1) is 0 Å². The maximum absolute atomic E-state index is 13.8. The molecule has 0 bridgehead atoms. The van der Waals surface area contributed by atoms with Gasteiger partial charge in [0, 0.05) is 36.7 Å². The fourth-order valence-corrected chi connectivity index (χ4v) is 5.25. The van der Waals surface area contributed by atoms with E-state index in [1.54, 1.807) is 0 Å². The molecule has 0 unspecified atom stereocenters. The van der Waals surface area contributed by atoms with Gasteiger partial charge in [-0.05, 0) is 30.9 Å². The minimum absolute atomic E-state index is 0.0444. The van der Waals surface area contributed by atoms with Gasteiger partial charge in [-0.15, -0.1) is 0 Å². The molecule has 1 aromatic carbocycles. The molecule has 2 fully saturated rings. The Hall–Kier alpha value is -1.75. The van der Waals surface area contributed by atoms with E-state index < -0.39 is 5.41 Å². The van der Waals surface area contributed by atoms with Crippen molar-refractivity contribution in [2.75, 3.05) is 31.9 Å². The van der Waals surface area contributed by atoms with E-state index in [0.717, 1.165) is 30.8 Å². The summed E-state index contributed by atoms with van der Waals surface area (Å²) in [5.41, 5.74) is 0.551. The van der Waals surface area contributed by atoms with Crippen molar-refractivity contribution in [3.63, 3.8) is 0 Å². The molecule has 5 heteroatoms.